The van der Waals surface area contributed by atoms with Crippen molar-refractivity contribution in [2.24, 2.45) is 0 Å². The molecule has 6 nitrogen and oxygen atoms in total. The van der Waals surface area contributed by atoms with E-state index in [1.165, 1.54) is 34.8 Å². The number of rotatable bonds is 3. The van der Waals surface area contributed by atoms with Gasteiger partial charge in [-0.25, -0.2) is 9.07 Å². The van der Waals surface area contributed by atoms with E-state index in [9.17, 15) is 22.4 Å². The lowest BCUT2D eigenvalue weighted by molar-refractivity contribution is -0.142. The van der Waals surface area contributed by atoms with E-state index in [-0.39, 0.29) is 17.4 Å². The van der Waals surface area contributed by atoms with Crippen LogP contribution in [0.1, 0.15) is 30.3 Å². The molecule has 0 spiro atoms. The number of nitrogens with zero attached hydrogens (tertiary/aromatic N) is 5. The Morgan fingerprint density at radius 1 is 1.14 bits per heavy atom. The average Bonchev–Trinajstić information content (AvgIpc) is 3.30. The maximum atomic E-state index is 13.1. The molecule has 0 radical (unpaired) electrons. The number of amides is 1. The number of benzene rings is 1. The fourth-order valence-corrected chi connectivity index (χ4v) is 3.47. The van der Waals surface area contributed by atoms with Crippen LogP contribution >= 0.6 is 0 Å². The van der Waals surface area contributed by atoms with Crippen molar-refractivity contribution in [3.63, 3.8) is 0 Å². The zero-order valence-electron chi connectivity index (χ0n) is 15.4. The maximum absolute atomic E-state index is 13.1. The zero-order valence-corrected chi connectivity index (χ0v) is 15.4. The van der Waals surface area contributed by atoms with Crippen molar-refractivity contribution in [3.05, 3.63) is 59.9 Å². The quantitative estimate of drug-likeness (QED) is 0.619. The van der Waals surface area contributed by atoms with E-state index in [0.29, 0.717) is 30.8 Å². The topological polar surface area (TPSA) is 56.0 Å². The lowest BCUT2D eigenvalue weighted by Crippen LogP contribution is -2.42. The summed E-state index contributed by atoms with van der Waals surface area (Å²) in [7, 11) is 0. The SMILES string of the molecule is Cc1cc(C(F)(F)F)nn1C1CCCN(c2cnn(-c3ccc(F)cc3)c2)C1=O. The summed E-state index contributed by atoms with van der Waals surface area (Å²) in [6.07, 6.45) is -0.422. The molecule has 0 N–H and O–H groups in total. The zero-order chi connectivity index (χ0) is 20.8. The number of hydrogen-bond acceptors (Lipinski definition) is 3. The van der Waals surface area contributed by atoms with Gasteiger partial charge in [0.25, 0.3) is 5.91 Å². The molecule has 10 heteroatoms. The highest BCUT2D eigenvalue weighted by Crippen LogP contribution is 2.32. The molecular formula is C19H17F4N5O. The second kappa shape index (κ2) is 7.02. The van der Waals surface area contributed by atoms with E-state index >= 15 is 0 Å². The van der Waals surface area contributed by atoms with Gasteiger partial charge in [0.2, 0.25) is 0 Å². The third-order valence-corrected chi connectivity index (χ3v) is 4.89. The van der Waals surface area contributed by atoms with Crippen molar-refractivity contribution in [1.82, 2.24) is 19.6 Å². The van der Waals surface area contributed by atoms with Crippen LogP contribution in [0.3, 0.4) is 0 Å². The standard InChI is InChI=1S/C19H17F4N5O/c1-12-9-17(19(21,22)23)25-28(12)16-3-2-8-26(18(16)29)15-10-24-27(11-15)14-6-4-13(20)5-7-14/h4-7,9-11,16H,2-3,8H2,1H3. The molecule has 1 aliphatic heterocycles. The van der Waals surface area contributed by atoms with Gasteiger partial charge >= 0.3 is 6.18 Å². The van der Waals surface area contributed by atoms with Crippen LogP contribution in [0.25, 0.3) is 5.69 Å². The van der Waals surface area contributed by atoms with E-state index in [2.05, 4.69) is 10.2 Å². The van der Waals surface area contributed by atoms with Crippen molar-refractivity contribution in [1.29, 1.82) is 0 Å². The Balaban J connectivity index is 1.60. The minimum atomic E-state index is -4.57. The summed E-state index contributed by atoms with van der Waals surface area (Å²) in [4.78, 5) is 14.5. The van der Waals surface area contributed by atoms with E-state index in [1.54, 1.807) is 18.3 Å². The highest BCUT2D eigenvalue weighted by molar-refractivity contribution is 5.96. The van der Waals surface area contributed by atoms with Crippen LogP contribution in [0, 0.1) is 12.7 Å². The molecule has 0 saturated carbocycles. The molecule has 1 saturated heterocycles. The molecule has 3 aromatic rings. The molecule has 1 amide bonds. The Hall–Kier alpha value is -3.17. The summed E-state index contributed by atoms with van der Waals surface area (Å²) < 4.78 is 54.7. The van der Waals surface area contributed by atoms with Gasteiger partial charge in [-0.05, 0) is 50.1 Å². The molecule has 3 heterocycles. The number of alkyl halides is 3. The number of carbonyl (C=O) groups excluding carboxylic acids is 1. The molecule has 1 aromatic carbocycles. The van der Waals surface area contributed by atoms with Crippen molar-refractivity contribution in [3.8, 4) is 5.69 Å². The lowest BCUT2D eigenvalue weighted by atomic mass is 10.0. The van der Waals surface area contributed by atoms with E-state index in [4.69, 9.17) is 0 Å². The monoisotopic (exact) mass is 407 g/mol. The maximum Gasteiger partial charge on any atom is 0.435 e. The summed E-state index contributed by atoms with van der Waals surface area (Å²) in [6.45, 7) is 1.93. The van der Waals surface area contributed by atoms with Gasteiger partial charge in [-0.2, -0.15) is 23.4 Å². The number of halogens is 4. The van der Waals surface area contributed by atoms with Crippen LogP contribution in [-0.4, -0.2) is 32.0 Å². The predicted molar refractivity (Wildman–Crippen MR) is 96.1 cm³/mol. The van der Waals surface area contributed by atoms with Crippen molar-refractivity contribution in [2.75, 3.05) is 11.4 Å². The molecular weight excluding hydrogens is 390 g/mol. The lowest BCUT2D eigenvalue weighted by Gasteiger charge is -2.32. The smallest absolute Gasteiger partial charge is 0.308 e. The molecule has 1 fully saturated rings. The first-order valence-corrected chi connectivity index (χ1v) is 8.99. The van der Waals surface area contributed by atoms with E-state index in [0.717, 1.165) is 10.7 Å². The molecule has 0 aliphatic carbocycles. The van der Waals surface area contributed by atoms with Crippen LogP contribution < -0.4 is 4.90 Å². The van der Waals surface area contributed by atoms with Gasteiger partial charge in [0.1, 0.15) is 11.9 Å². The fourth-order valence-electron chi connectivity index (χ4n) is 3.47. The van der Waals surface area contributed by atoms with Gasteiger partial charge < -0.3 is 4.90 Å². The fraction of sp³-hybridized carbons (Fsp3) is 0.316. The number of piperidine rings is 1. The normalized spacial score (nSPS) is 17.8. The Morgan fingerprint density at radius 3 is 2.52 bits per heavy atom. The number of aromatic nitrogens is 4. The first-order chi connectivity index (χ1) is 13.7. The molecule has 1 atom stereocenters. The van der Waals surface area contributed by atoms with Crippen LogP contribution in [0.15, 0.2) is 42.7 Å². The molecule has 1 aliphatic rings. The number of aryl methyl sites for hydroxylation is 1. The third kappa shape index (κ3) is 3.62. The van der Waals surface area contributed by atoms with Crippen LogP contribution in [0.4, 0.5) is 23.2 Å². The van der Waals surface area contributed by atoms with Gasteiger partial charge in [0.15, 0.2) is 5.69 Å². The molecule has 4 rings (SSSR count). The van der Waals surface area contributed by atoms with Crippen LogP contribution in [0.2, 0.25) is 0 Å². The molecule has 152 valence electrons. The number of carbonyl (C=O) groups is 1. The summed E-state index contributed by atoms with van der Waals surface area (Å²) in [6, 6.07) is 5.85. The summed E-state index contributed by atoms with van der Waals surface area (Å²) in [5.74, 6) is -0.710. The highest BCUT2D eigenvalue weighted by atomic mass is 19.4. The van der Waals surface area contributed by atoms with E-state index < -0.39 is 17.9 Å². The summed E-state index contributed by atoms with van der Waals surface area (Å²) in [5.41, 5.74) is 0.407. The summed E-state index contributed by atoms with van der Waals surface area (Å²) >= 11 is 0. The van der Waals surface area contributed by atoms with Crippen molar-refractivity contribution >= 4 is 11.6 Å². The van der Waals surface area contributed by atoms with Crippen LogP contribution in [0.5, 0.6) is 0 Å². The van der Waals surface area contributed by atoms with E-state index in [1.807, 2.05) is 0 Å². The Labute approximate surface area is 163 Å². The largest absolute Gasteiger partial charge is 0.435 e. The van der Waals surface area contributed by atoms with Crippen molar-refractivity contribution < 1.29 is 22.4 Å². The first kappa shape index (κ1) is 19.2. The first-order valence-electron chi connectivity index (χ1n) is 8.99. The van der Waals surface area contributed by atoms with Crippen LogP contribution in [-0.2, 0) is 11.0 Å². The highest BCUT2D eigenvalue weighted by Gasteiger charge is 2.38. The predicted octanol–water partition coefficient (Wildman–Crippen LogP) is 3.90. The van der Waals surface area contributed by atoms with Gasteiger partial charge in [-0.3, -0.25) is 9.48 Å². The minimum absolute atomic E-state index is 0.277. The Morgan fingerprint density at radius 2 is 1.86 bits per heavy atom. The Bertz CT molecular complexity index is 1040. The van der Waals surface area contributed by atoms with Gasteiger partial charge in [0, 0.05) is 12.2 Å². The molecule has 2 aromatic heterocycles. The molecule has 1 unspecified atom stereocenters. The number of hydrogen-bond donors (Lipinski definition) is 0. The molecule has 29 heavy (non-hydrogen) atoms. The second-order valence-corrected chi connectivity index (χ2v) is 6.88. The third-order valence-electron chi connectivity index (χ3n) is 4.89. The second-order valence-electron chi connectivity index (χ2n) is 6.88. The van der Waals surface area contributed by atoms with Crippen molar-refractivity contribution in [2.45, 2.75) is 32.0 Å². The average molecular weight is 407 g/mol. The van der Waals surface area contributed by atoms with Gasteiger partial charge in [0.05, 0.1) is 23.8 Å². The number of anilines is 1. The summed E-state index contributed by atoms with van der Waals surface area (Å²) in [5, 5.41) is 7.84. The Kier molecular flexibility index (Phi) is 4.64. The minimum Gasteiger partial charge on any atom is -0.308 e. The molecule has 0 bridgehead atoms. The van der Waals surface area contributed by atoms with Gasteiger partial charge in [-0.1, -0.05) is 0 Å². The van der Waals surface area contributed by atoms with Gasteiger partial charge in [-0.15, -0.1) is 0 Å².